The SMILES string of the molecule is NC(=O)c1cc(CCOc2ccc3nc(Nc4ccccc4N4CCOCC4)ncc3c2)ccn1. The van der Waals surface area contributed by atoms with E-state index >= 15 is 0 Å². The first-order valence-corrected chi connectivity index (χ1v) is 11.5. The van der Waals surface area contributed by atoms with Gasteiger partial charge in [0, 0.05) is 37.3 Å². The summed E-state index contributed by atoms with van der Waals surface area (Å²) in [4.78, 5) is 26.7. The minimum absolute atomic E-state index is 0.252. The van der Waals surface area contributed by atoms with E-state index in [1.54, 1.807) is 18.5 Å². The number of pyridine rings is 1. The minimum Gasteiger partial charge on any atom is -0.493 e. The smallest absolute Gasteiger partial charge is 0.267 e. The van der Waals surface area contributed by atoms with E-state index in [0.717, 1.165) is 59.9 Å². The van der Waals surface area contributed by atoms with Crippen LogP contribution in [-0.4, -0.2) is 53.8 Å². The number of carbonyl (C=O) groups excluding carboxylic acids is 1. The highest BCUT2D eigenvalue weighted by Crippen LogP contribution is 2.29. The molecule has 5 rings (SSSR count). The van der Waals surface area contributed by atoms with E-state index in [-0.39, 0.29) is 5.69 Å². The van der Waals surface area contributed by atoms with Gasteiger partial charge in [-0.05, 0) is 48.0 Å². The zero-order valence-electron chi connectivity index (χ0n) is 19.2. The molecule has 0 atom stereocenters. The van der Waals surface area contributed by atoms with Crippen molar-refractivity contribution in [3.8, 4) is 5.75 Å². The fourth-order valence-electron chi connectivity index (χ4n) is 3.99. The van der Waals surface area contributed by atoms with Gasteiger partial charge in [-0.1, -0.05) is 12.1 Å². The Morgan fingerprint density at radius 1 is 1.09 bits per heavy atom. The van der Waals surface area contributed by atoms with Crippen molar-refractivity contribution in [3.05, 3.63) is 78.2 Å². The van der Waals surface area contributed by atoms with E-state index in [9.17, 15) is 4.79 Å². The van der Waals surface area contributed by atoms with Gasteiger partial charge in [0.15, 0.2) is 0 Å². The Bertz CT molecular complexity index is 1340. The molecule has 1 amide bonds. The van der Waals surface area contributed by atoms with Crippen LogP contribution >= 0.6 is 0 Å². The highest BCUT2D eigenvalue weighted by atomic mass is 16.5. The Labute approximate surface area is 202 Å². The predicted molar refractivity (Wildman–Crippen MR) is 134 cm³/mol. The van der Waals surface area contributed by atoms with Crippen LogP contribution < -0.4 is 20.7 Å². The standard InChI is InChI=1S/C26H26N6O3/c27-25(33)23-15-18(7-9-28-23)8-12-35-20-5-6-21-19(16-20)17-29-26(30-21)31-22-3-1-2-4-24(22)32-10-13-34-14-11-32/h1-7,9,15-17H,8,10-14H2,(H2,27,33)(H,29,30,31). The van der Waals surface area contributed by atoms with Crippen LogP contribution in [0.25, 0.3) is 10.9 Å². The second-order valence-corrected chi connectivity index (χ2v) is 8.17. The Kier molecular flexibility index (Phi) is 6.67. The number of nitrogens with one attached hydrogen (secondary N) is 1. The fraction of sp³-hybridized carbons (Fsp3) is 0.231. The third kappa shape index (κ3) is 5.47. The van der Waals surface area contributed by atoms with Gasteiger partial charge in [-0.15, -0.1) is 0 Å². The number of aromatic nitrogens is 3. The Balaban J connectivity index is 1.25. The number of hydrogen-bond acceptors (Lipinski definition) is 8. The highest BCUT2D eigenvalue weighted by Gasteiger charge is 2.15. The number of morpholine rings is 1. The average molecular weight is 471 g/mol. The summed E-state index contributed by atoms with van der Waals surface area (Å²) in [6.07, 6.45) is 3.99. The molecule has 178 valence electrons. The number of fused-ring (bicyclic) bond motifs is 1. The average Bonchev–Trinajstić information content (AvgIpc) is 2.90. The van der Waals surface area contributed by atoms with Crippen molar-refractivity contribution in [1.29, 1.82) is 0 Å². The van der Waals surface area contributed by atoms with Crippen molar-refractivity contribution >= 4 is 34.1 Å². The molecule has 0 aliphatic carbocycles. The number of anilines is 3. The Morgan fingerprint density at radius 2 is 1.94 bits per heavy atom. The molecule has 2 aromatic carbocycles. The quantitative estimate of drug-likeness (QED) is 0.403. The van der Waals surface area contributed by atoms with E-state index < -0.39 is 5.91 Å². The van der Waals surface area contributed by atoms with Gasteiger partial charge in [0.1, 0.15) is 11.4 Å². The summed E-state index contributed by atoms with van der Waals surface area (Å²) in [5.41, 5.74) is 9.38. The Morgan fingerprint density at radius 3 is 2.80 bits per heavy atom. The molecule has 1 saturated heterocycles. The molecule has 0 radical (unpaired) electrons. The zero-order chi connectivity index (χ0) is 24.0. The molecule has 0 saturated carbocycles. The molecule has 0 spiro atoms. The van der Waals surface area contributed by atoms with Gasteiger partial charge >= 0.3 is 0 Å². The number of amides is 1. The number of primary amides is 1. The molecule has 1 fully saturated rings. The summed E-state index contributed by atoms with van der Waals surface area (Å²) in [5.74, 6) is 0.721. The molecule has 0 bridgehead atoms. The zero-order valence-corrected chi connectivity index (χ0v) is 19.2. The van der Waals surface area contributed by atoms with Gasteiger partial charge in [0.25, 0.3) is 5.91 Å². The van der Waals surface area contributed by atoms with Crippen molar-refractivity contribution in [1.82, 2.24) is 15.0 Å². The summed E-state index contributed by atoms with van der Waals surface area (Å²) >= 11 is 0. The number of carbonyl (C=O) groups is 1. The van der Waals surface area contributed by atoms with Gasteiger partial charge in [-0.3, -0.25) is 9.78 Å². The van der Waals surface area contributed by atoms with E-state index in [1.807, 2.05) is 42.5 Å². The lowest BCUT2D eigenvalue weighted by Gasteiger charge is -2.30. The molecule has 35 heavy (non-hydrogen) atoms. The number of nitrogens with two attached hydrogens (primary N) is 1. The second-order valence-electron chi connectivity index (χ2n) is 8.17. The summed E-state index contributed by atoms with van der Waals surface area (Å²) in [7, 11) is 0. The van der Waals surface area contributed by atoms with Crippen LogP contribution in [0.2, 0.25) is 0 Å². The molecule has 9 nitrogen and oxygen atoms in total. The number of rotatable bonds is 8. The Hall–Kier alpha value is -4.24. The van der Waals surface area contributed by atoms with Crippen LogP contribution in [0, 0.1) is 0 Å². The maximum atomic E-state index is 11.3. The predicted octanol–water partition coefficient (Wildman–Crippen LogP) is 3.33. The number of para-hydroxylation sites is 2. The summed E-state index contributed by atoms with van der Waals surface area (Å²) in [5, 5.41) is 4.25. The van der Waals surface area contributed by atoms with Crippen molar-refractivity contribution in [3.63, 3.8) is 0 Å². The minimum atomic E-state index is -0.541. The van der Waals surface area contributed by atoms with E-state index in [4.69, 9.17) is 15.2 Å². The summed E-state index contributed by atoms with van der Waals surface area (Å²) in [6, 6.07) is 17.4. The number of nitrogens with zero attached hydrogens (tertiary/aromatic N) is 4. The second kappa shape index (κ2) is 10.4. The maximum absolute atomic E-state index is 11.3. The normalized spacial score (nSPS) is 13.5. The number of ether oxygens (including phenoxy) is 2. The fourth-order valence-corrected chi connectivity index (χ4v) is 3.99. The largest absolute Gasteiger partial charge is 0.493 e. The molecule has 4 aromatic rings. The summed E-state index contributed by atoms with van der Waals surface area (Å²) in [6.45, 7) is 3.61. The van der Waals surface area contributed by atoms with Crippen LogP contribution in [0.15, 0.2) is 67.0 Å². The molecule has 3 N–H and O–H groups in total. The molecular formula is C26H26N6O3. The molecule has 3 heterocycles. The third-order valence-electron chi connectivity index (χ3n) is 5.79. The lowest BCUT2D eigenvalue weighted by atomic mass is 10.1. The van der Waals surface area contributed by atoms with Crippen molar-refractivity contribution in [2.24, 2.45) is 5.73 Å². The van der Waals surface area contributed by atoms with Crippen molar-refractivity contribution < 1.29 is 14.3 Å². The lowest BCUT2D eigenvalue weighted by Crippen LogP contribution is -2.36. The van der Waals surface area contributed by atoms with Crippen LogP contribution in [0.3, 0.4) is 0 Å². The van der Waals surface area contributed by atoms with E-state index in [1.165, 1.54) is 0 Å². The van der Waals surface area contributed by atoms with E-state index in [0.29, 0.717) is 19.0 Å². The third-order valence-corrected chi connectivity index (χ3v) is 5.79. The molecule has 9 heteroatoms. The topological polar surface area (TPSA) is 115 Å². The molecule has 1 aliphatic rings. The van der Waals surface area contributed by atoms with Crippen LogP contribution in [0.1, 0.15) is 16.1 Å². The van der Waals surface area contributed by atoms with Gasteiger partial charge in [0.2, 0.25) is 5.95 Å². The summed E-state index contributed by atoms with van der Waals surface area (Å²) < 4.78 is 11.4. The van der Waals surface area contributed by atoms with Gasteiger partial charge in [0.05, 0.1) is 36.7 Å². The first-order valence-electron chi connectivity index (χ1n) is 11.5. The van der Waals surface area contributed by atoms with Gasteiger partial charge in [-0.2, -0.15) is 0 Å². The molecule has 0 unspecified atom stereocenters. The number of benzene rings is 2. The molecule has 1 aliphatic heterocycles. The van der Waals surface area contributed by atoms with Crippen LogP contribution in [0.4, 0.5) is 17.3 Å². The highest BCUT2D eigenvalue weighted by molar-refractivity contribution is 5.90. The molecule has 2 aromatic heterocycles. The van der Waals surface area contributed by atoms with E-state index in [2.05, 4.69) is 31.2 Å². The van der Waals surface area contributed by atoms with Crippen molar-refractivity contribution in [2.75, 3.05) is 43.1 Å². The first-order chi connectivity index (χ1) is 17.2. The number of hydrogen-bond donors (Lipinski definition) is 2. The van der Waals surface area contributed by atoms with Crippen LogP contribution in [0.5, 0.6) is 5.75 Å². The first kappa shape index (κ1) is 22.5. The maximum Gasteiger partial charge on any atom is 0.267 e. The molecular weight excluding hydrogens is 444 g/mol. The van der Waals surface area contributed by atoms with Crippen molar-refractivity contribution in [2.45, 2.75) is 6.42 Å². The lowest BCUT2D eigenvalue weighted by molar-refractivity contribution is 0.0995. The van der Waals surface area contributed by atoms with Crippen LogP contribution in [-0.2, 0) is 11.2 Å². The monoisotopic (exact) mass is 470 g/mol. The van der Waals surface area contributed by atoms with Gasteiger partial charge < -0.3 is 25.4 Å². The van der Waals surface area contributed by atoms with Gasteiger partial charge in [-0.25, -0.2) is 9.97 Å².